The normalized spacial score (nSPS) is 27.5. The Morgan fingerprint density at radius 1 is 1.00 bits per heavy atom. The van der Waals surface area contributed by atoms with Gasteiger partial charge in [-0.1, -0.05) is 24.3 Å². The van der Waals surface area contributed by atoms with E-state index in [0.717, 1.165) is 28.7 Å². The number of hydrogen-bond donors (Lipinski definition) is 2. The Morgan fingerprint density at radius 3 is 2.45 bits per heavy atom. The summed E-state index contributed by atoms with van der Waals surface area (Å²) in [6.45, 7) is 0. The topological polar surface area (TPSA) is 101 Å². The molecule has 22 heavy (non-hydrogen) atoms. The van der Waals surface area contributed by atoms with Crippen molar-refractivity contribution in [3.8, 4) is 0 Å². The van der Waals surface area contributed by atoms with Crippen molar-refractivity contribution in [2.45, 2.75) is 18.5 Å². The van der Waals surface area contributed by atoms with Crippen LogP contribution in [-0.4, -0.2) is 41.0 Å². The number of aliphatic imine (C=N–C) groups is 4. The molecule has 6 nitrogen and oxygen atoms in total. The maximum Gasteiger partial charge on any atom is 0.270 e. The molecule has 0 radical (unpaired) electrons. The highest BCUT2D eigenvalue weighted by atomic mass is 15.1. The summed E-state index contributed by atoms with van der Waals surface area (Å²) in [5, 5.41) is 5.62. The van der Waals surface area contributed by atoms with Gasteiger partial charge < -0.3 is 0 Å². The quantitative estimate of drug-likeness (QED) is 0.534. The molecule has 108 valence electrons. The minimum absolute atomic E-state index is 0.0465. The van der Waals surface area contributed by atoms with E-state index in [1.165, 1.54) is 0 Å². The van der Waals surface area contributed by atoms with Gasteiger partial charge in [0.25, 0.3) is 5.84 Å². The van der Waals surface area contributed by atoms with Gasteiger partial charge in [-0.05, 0) is 18.2 Å². The molecule has 4 rings (SSSR count). The molecule has 0 saturated carbocycles. The van der Waals surface area contributed by atoms with E-state index in [2.05, 4.69) is 20.0 Å². The number of nitrogens with zero attached hydrogens (tertiary/aromatic N) is 4. The third-order valence-electron chi connectivity index (χ3n) is 3.78. The lowest BCUT2D eigenvalue weighted by atomic mass is 10.0. The molecule has 4 N–H and O–H groups in total. The van der Waals surface area contributed by atoms with Crippen LogP contribution in [0.25, 0.3) is 0 Å². The van der Waals surface area contributed by atoms with E-state index in [9.17, 15) is 0 Å². The molecule has 2 atom stereocenters. The minimum Gasteiger partial charge on any atom is -0.287 e. The van der Waals surface area contributed by atoms with Crippen LogP contribution in [0.3, 0.4) is 0 Å². The van der Waals surface area contributed by atoms with E-state index in [1.54, 1.807) is 0 Å². The highest BCUT2D eigenvalue weighted by molar-refractivity contribution is 6.22. The van der Waals surface area contributed by atoms with Crippen molar-refractivity contribution in [3.05, 3.63) is 48.1 Å². The van der Waals surface area contributed by atoms with Gasteiger partial charge in [0.1, 0.15) is 23.8 Å². The molecule has 2 aliphatic heterocycles. The van der Waals surface area contributed by atoms with E-state index < -0.39 is 0 Å². The molecule has 2 aliphatic carbocycles. The molecule has 0 saturated heterocycles. The molecule has 0 spiro atoms. The highest BCUT2D eigenvalue weighted by Crippen LogP contribution is 2.20. The van der Waals surface area contributed by atoms with Gasteiger partial charge in [0.15, 0.2) is 0 Å². The maximum absolute atomic E-state index is 5.62. The lowest BCUT2D eigenvalue weighted by Gasteiger charge is -2.07. The zero-order valence-electron chi connectivity index (χ0n) is 11.8. The highest BCUT2D eigenvalue weighted by Gasteiger charge is 2.26. The SMILES string of the molecule is NC(=[NH2+])C1=CC2=NC(CC3=NC4C=CC=CC4=N3)=NC2C=C1. The minimum atomic E-state index is -0.0465. The van der Waals surface area contributed by atoms with E-state index in [-0.39, 0.29) is 12.1 Å². The molecular weight excluding hydrogens is 276 g/mol. The van der Waals surface area contributed by atoms with Crippen LogP contribution >= 0.6 is 0 Å². The van der Waals surface area contributed by atoms with Crippen molar-refractivity contribution < 1.29 is 5.41 Å². The average molecular weight is 291 g/mol. The first-order chi connectivity index (χ1) is 10.7. The van der Waals surface area contributed by atoms with Gasteiger partial charge >= 0.3 is 0 Å². The number of rotatable bonds is 3. The standard InChI is InChI=1S/C16H14N6/c17-16(18)9-5-6-12-13(7-9)22-15(21-12)8-14-19-10-3-1-2-4-11(10)20-14/h1-7,10,12H,8H2,(H3,17,18)/p+1. The average Bonchev–Trinajstić information content (AvgIpc) is 3.08. The van der Waals surface area contributed by atoms with Crippen molar-refractivity contribution in [2.24, 2.45) is 25.7 Å². The molecule has 0 aromatic carbocycles. The summed E-state index contributed by atoms with van der Waals surface area (Å²) in [5.74, 6) is 1.81. The van der Waals surface area contributed by atoms with Crippen LogP contribution in [0.1, 0.15) is 6.42 Å². The molecule has 0 fully saturated rings. The summed E-state index contributed by atoms with van der Waals surface area (Å²) in [7, 11) is 0. The molecular formula is C16H15N6+. The van der Waals surface area contributed by atoms with Crippen molar-refractivity contribution in [1.82, 2.24) is 0 Å². The molecule has 2 heterocycles. The van der Waals surface area contributed by atoms with Gasteiger partial charge in [0.05, 0.1) is 23.4 Å². The number of amidine groups is 3. The van der Waals surface area contributed by atoms with Crippen molar-refractivity contribution >= 4 is 28.9 Å². The first-order valence-corrected chi connectivity index (χ1v) is 7.12. The molecule has 0 aromatic heterocycles. The number of fused-ring (bicyclic) bond motifs is 2. The zero-order chi connectivity index (χ0) is 15.1. The summed E-state index contributed by atoms with van der Waals surface area (Å²) >= 11 is 0. The Balaban J connectivity index is 1.53. The molecule has 0 amide bonds. The van der Waals surface area contributed by atoms with E-state index in [0.29, 0.717) is 12.3 Å². The van der Waals surface area contributed by atoms with Crippen molar-refractivity contribution in [2.75, 3.05) is 0 Å². The largest absolute Gasteiger partial charge is 0.287 e. The third kappa shape index (κ3) is 2.18. The predicted molar refractivity (Wildman–Crippen MR) is 88.6 cm³/mol. The van der Waals surface area contributed by atoms with E-state index in [4.69, 9.17) is 11.1 Å². The fourth-order valence-corrected chi connectivity index (χ4v) is 2.70. The Morgan fingerprint density at radius 2 is 1.73 bits per heavy atom. The Labute approximate surface area is 127 Å². The maximum atomic E-state index is 5.62. The van der Waals surface area contributed by atoms with Crippen LogP contribution in [0, 0.1) is 0 Å². The fraction of sp³-hybridized carbons (Fsp3) is 0.188. The Kier molecular flexibility index (Phi) is 2.82. The summed E-state index contributed by atoms with van der Waals surface area (Å²) in [4.78, 5) is 18.3. The lowest BCUT2D eigenvalue weighted by Crippen LogP contribution is -2.47. The first kappa shape index (κ1) is 12.8. The Bertz CT molecular complexity index is 800. The predicted octanol–water partition coefficient (Wildman–Crippen LogP) is -0.442. The van der Waals surface area contributed by atoms with Crippen LogP contribution in [-0.2, 0) is 0 Å². The second kappa shape index (κ2) is 4.84. The van der Waals surface area contributed by atoms with E-state index >= 15 is 0 Å². The Hall–Kier alpha value is -2.89. The van der Waals surface area contributed by atoms with Gasteiger partial charge in [0, 0.05) is 0 Å². The van der Waals surface area contributed by atoms with Gasteiger partial charge in [0.2, 0.25) is 0 Å². The molecule has 0 aromatic rings. The molecule has 0 bridgehead atoms. The molecule has 4 aliphatic rings. The van der Waals surface area contributed by atoms with Crippen molar-refractivity contribution in [3.63, 3.8) is 0 Å². The summed E-state index contributed by atoms with van der Waals surface area (Å²) < 4.78 is 0. The lowest BCUT2D eigenvalue weighted by molar-refractivity contribution is -0.114. The van der Waals surface area contributed by atoms with Crippen LogP contribution in [0.2, 0.25) is 0 Å². The van der Waals surface area contributed by atoms with Crippen LogP contribution < -0.4 is 11.1 Å². The zero-order valence-corrected chi connectivity index (χ0v) is 11.8. The van der Waals surface area contributed by atoms with Crippen LogP contribution in [0.5, 0.6) is 0 Å². The second-order valence-corrected chi connectivity index (χ2v) is 5.39. The summed E-state index contributed by atoms with van der Waals surface area (Å²) in [6, 6.07) is 0.00444. The van der Waals surface area contributed by atoms with Crippen molar-refractivity contribution in [1.29, 1.82) is 0 Å². The number of nitrogens with two attached hydrogens (primary N) is 2. The van der Waals surface area contributed by atoms with E-state index in [1.807, 2.05) is 42.5 Å². The van der Waals surface area contributed by atoms with Gasteiger partial charge in [-0.25, -0.2) is 9.98 Å². The smallest absolute Gasteiger partial charge is 0.270 e. The van der Waals surface area contributed by atoms with Gasteiger partial charge in [-0.2, -0.15) is 0 Å². The summed E-state index contributed by atoms with van der Waals surface area (Å²) in [6.07, 6.45) is 14.2. The third-order valence-corrected chi connectivity index (χ3v) is 3.78. The fourth-order valence-electron chi connectivity index (χ4n) is 2.70. The second-order valence-electron chi connectivity index (χ2n) is 5.39. The number of allylic oxidation sites excluding steroid dienone is 2. The monoisotopic (exact) mass is 291 g/mol. The van der Waals surface area contributed by atoms with Crippen LogP contribution in [0.4, 0.5) is 0 Å². The van der Waals surface area contributed by atoms with Gasteiger partial charge in [-0.15, -0.1) is 0 Å². The molecule has 2 unspecified atom stereocenters. The van der Waals surface area contributed by atoms with Gasteiger partial charge in [-0.3, -0.25) is 21.1 Å². The molecule has 6 heteroatoms. The summed E-state index contributed by atoms with van der Waals surface area (Å²) in [5.41, 5.74) is 8.25. The first-order valence-electron chi connectivity index (χ1n) is 7.12. The number of hydrogen-bond acceptors (Lipinski definition) is 4. The van der Waals surface area contributed by atoms with Crippen LogP contribution in [0.15, 0.2) is 68.1 Å².